The van der Waals surface area contributed by atoms with Crippen LogP contribution in [-0.4, -0.2) is 46.9 Å². The third-order valence-corrected chi connectivity index (χ3v) is 6.48. The van der Waals surface area contributed by atoms with Gasteiger partial charge in [0.1, 0.15) is 41.5 Å². The maximum atomic E-state index is 14.9. The molecular formula is C24H23F3N6O. The summed E-state index contributed by atoms with van der Waals surface area (Å²) in [4.78, 5) is 10.6. The summed E-state index contributed by atoms with van der Waals surface area (Å²) >= 11 is 0. The molecule has 0 amide bonds. The molecule has 10 heteroatoms. The van der Waals surface area contributed by atoms with Crippen LogP contribution in [0, 0.1) is 17.5 Å². The summed E-state index contributed by atoms with van der Waals surface area (Å²) < 4.78 is 45.2. The second-order valence-electron chi connectivity index (χ2n) is 8.53. The standard InChI is InChI=1S/C24H23F3N6O/c1-16(24(34,13-33-15-28-14-29-33)20-7-6-19(26)10-21(20)27)31-8-9-32-11-22(30-23(32)12-31)17-2-4-18(25)5-3-17/h2-7,10-11,14-16,34H,8-9,12-13H2,1H3/t16-,24-/m1/s1. The summed E-state index contributed by atoms with van der Waals surface area (Å²) in [5.41, 5.74) is -0.205. The number of nitrogens with zero attached hydrogens (tertiary/aromatic N) is 6. The summed E-state index contributed by atoms with van der Waals surface area (Å²) in [6, 6.07) is 8.75. The SMILES string of the molecule is C[C@@H](N1CCn2cc(-c3ccc(F)cc3)nc2C1)[C@](O)(Cn1cncn1)c1ccc(F)cc1F. The van der Waals surface area contributed by atoms with E-state index in [1.54, 1.807) is 19.1 Å². The Bertz CT molecular complexity index is 1290. The molecule has 34 heavy (non-hydrogen) atoms. The molecule has 2 aromatic carbocycles. The number of imidazole rings is 1. The number of hydrogen-bond acceptors (Lipinski definition) is 5. The molecule has 0 aliphatic carbocycles. The molecule has 0 spiro atoms. The van der Waals surface area contributed by atoms with Crippen molar-refractivity contribution in [2.75, 3.05) is 6.54 Å². The lowest BCUT2D eigenvalue weighted by Crippen LogP contribution is -2.53. The summed E-state index contributed by atoms with van der Waals surface area (Å²) in [7, 11) is 0. The third-order valence-electron chi connectivity index (χ3n) is 6.48. The van der Waals surface area contributed by atoms with Gasteiger partial charge in [-0.05, 0) is 37.3 Å². The summed E-state index contributed by atoms with van der Waals surface area (Å²) in [5.74, 6) is -1.08. The summed E-state index contributed by atoms with van der Waals surface area (Å²) in [5, 5.41) is 15.9. The zero-order chi connectivity index (χ0) is 23.9. The first-order chi connectivity index (χ1) is 16.3. The molecular weight excluding hydrogens is 445 g/mol. The predicted molar refractivity (Wildman–Crippen MR) is 118 cm³/mol. The van der Waals surface area contributed by atoms with Crippen molar-refractivity contribution in [2.24, 2.45) is 0 Å². The van der Waals surface area contributed by atoms with Crippen LogP contribution in [0.2, 0.25) is 0 Å². The van der Waals surface area contributed by atoms with E-state index in [0.29, 0.717) is 19.6 Å². The van der Waals surface area contributed by atoms with Crippen molar-refractivity contribution in [3.05, 3.63) is 90.2 Å². The number of hydrogen-bond donors (Lipinski definition) is 1. The third kappa shape index (κ3) is 4.10. The summed E-state index contributed by atoms with van der Waals surface area (Å²) in [6.07, 6.45) is 4.70. The molecule has 3 heterocycles. The molecule has 4 aromatic rings. The first-order valence-corrected chi connectivity index (χ1v) is 10.9. The van der Waals surface area contributed by atoms with Crippen LogP contribution < -0.4 is 0 Å². The highest BCUT2D eigenvalue weighted by Gasteiger charge is 2.43. The van der Waals surface area contributed by atoms with E-state index in [0.717, 1.165) is 29.2 Å². The van der Waals surface area contributed by atoms with Gasteiger partial charge in [0.2, 0.25) is 0 Å². The van der Waals surface area contributed by atoms with E-state index in [9.17, 15) is 18.3 Å². The molecule has 2 atom stereocenters. The van der Waals surface area contributed by atoms with Gasteiger partial charge >= 0.3 is 0 Å². The van der Waals surface area contributed by atoms with Crippen molar-refractivity contribution in [1.29, 1.82) is 0 Å². The summed E-state index contributed by atoms with van der Waals surface area (Å²) in [6.45, 7) is 3.33. The van der Waals surface area contributed by atoms with Crippen LogP contribution in [-0.2, 0) is 25.2 Å². The molecule has 0 saturated heterocycles. The van der Waals surface area contributed by atoms with E-state index in [1.165, 1.54) is 35.5 Å². The Hall–Kier alpha value is -3.50. The molecule has 0 unspecified atom stereocenters. The van der Waals surface area contributed by atoms with Gasteiger partial charge in [0, 0.05) is 42.5 Å². The van der Waals surface area contributed by atoms with Crippen LogP contribution >= 0.6 is 0 Å². The van der Waals surface area contributed by atoms with Crippen LogP contribution in [0.3, 0.4) is 0 Å². The highest BCUT2D eigenvalue weighted by molar-refractivity contribution is 5.58. The van der Waals surface area contributed by atoms with E-state index in [4.69, 9.17) is 4.98 Å². The van der Waals surface area contributed by atoms with Crippen LogP contribution in [0.5, 0.6) is 0 Å². The maximum absolute atomic E-state index is 14.9. The minimum atomic E-state index is -1.72. The van der Waals surface area contributed by atoms with Gasteiger partial charge in [-0.2, -0.15) is 5.10 Å². The molecule has 1 aliphatic rings. The molecule has 1 N–H and O–H groups in total. The monoisotopic (exact) mass is 468 g/mol. The topological polar surface area (TPSA) is 72.0 Å². The van der Waals surface area contributed by atoms with Crippen molar-refractivity contribution in [3.63, 3.8) is 0 Å². The molecule has 7 nitrogen and oxygen atoms in total. The van der Waals surface area contributed by atoms with Gasteiger partial charge in [-0.1, -0.05) is 6.07 Å². The zero-order valence-electron chi connectivity index (χ0n) is 18.4. The van der Waals surface area contributed by atoms with Gasteiger partial charge in [0.25, 0.3) is 0 Å². The molecule has 0 radical (unpaired) electrons. The average Bonchev–Trinajstić information content (AvgIpc) is 3.48. The van der Waals surface area contributed by atoms with Crippen molar-refractivity contribution in [2.45, 2.75) is 38.2 Å². The second kappa shape index (κ2) is 8.69. The molecule has 5 rings (SSSR count). The van der Waals surface area contributed by atoms with Crippen LogP contribution in [0.25, 0.3) is 11.3 Å². The van der Waals surface area contributed by atoms with E-state index in [-0.39, 0.29) is 17.9 Å². The first kappa shape index (κ1) is 22.3. The van der Waals surface area contributed by atoms with Crippen molar-refractivity contribution in [3.8, 4) is 11.3 Å². The Balaban J connectivity index is 1.45. The number of fused-ring (bicyclic) bond motifs is 1. The second-order valence-corrected chi connectivity index (χ2v) is 8.53. The van der Waals surface area contributed by atoms with Crippen LogP contribution in [0.4, 0.5) is 13.2 Å². The smallest absolute Gasteiger partial charge is 0.137 e. The molecule has 0 bridgehead atoms. The molecule has 0 fully saturated rings. The average molecular weight is 468 g/mol. The van der Waals surface area contributed by atoms with Gasteiger partial charge in [0.15, 0.2) is 0 Å². The van der Waals surface area contributed by atoms with E-state index < -0.39 is 23.3 Å². The lowest BCUT2D eigenvalue weighted by Gasteiger charge is -2.42. The largest absolute Gasteiger partial charge is 0.381 e. The van der Waals surface area contributed by atoms with Crippen LogP contribution in [0.15, 0.2) is 61.3 Å². The Morgan fingerprint density at radius 3 is 2.53 bits per heavy atom. The Labute approximate surface area is 194 Å². The molecule has 0 saturated carbocycles. The minimum Gasteiger partial charge on any atom is -0.381 e. The number of rotatable bonds is 6. The van der Waals surface area contributed by atoms with E-state index in [2.05, 4.69) is 10.1 Å². The van der Waals surface area contributed by atoms with E-state index >= 15 is 0 Å². The van der Waals surface area contributed by atoms with Gasteiger partial charge < -0.3 is 9.67 Å². The number of aliphatic hydroxyl groups is 1. The maximum Gasteiger partial charge on any atom is 0.137 e. The highest BCUT2D eigenvalue weighted by Crippen LogP contribution is 2.34. The molecule has 176 valence electrons. The lowest BCUT2D eigenvalue weighted by molar-refractivity contribution is -0.0709. The van der Waals surface area contributed by atoms with Gasteiger partial charge in [-0.15, -0.1) is 0 Å². The first-order valence-electron chi connectivity index (χ1n) is 10.9. The van der Waals surface area contributed by atoms with Gasteiger partial charge in [0.05, 0.1) is 18.8 Å². The number of aromatic nitrogens is 5. The fourth-order valence-electron chi connectivity index (χ4n) is 4.51. The fraction of sp³-hybridized carbons (Fsp3) is 0.292. The molecule has 1 aliphatic heterocycles. The van der Waals surface area contributed by atoms with Crippen molar-refractivity contribution in [1.82, 2.24) is 29.2 Å². The van der Waals surface area contributed by atoms with Crippen molar-refractivity contribution < 1.29 is 18.3 Å². The van der Waals surface area contributed by atoms with E-state index in [1.807, 2.05) is 15.7 Å². The lowest BCUT2D eigenvalue weighted by atomic mass is 9.85. The van der Waals surface area contributed by atoms with Gasteiger partial charge in [-0.25, -0.2) is 27.8 Å². The van der Waals surface area contributed by atoms with Gasteiger partial charge in [-0.3, -0.25) is 4.90 Å². The Morgan fingerprint density at radius 2 is 1.82 bits per heavy atom. The van der Waals surface area contributed by atoms with Crippen LogP contribution in [0.1, 0.15) is 18.3 Å². The fourth-order valence-corrected chi connectivity index (χ4v) is 4.51. The zero-order valence-corrected chi connectivity index (χ0v) is 18.4. The number of halogens is 3. The number of benzene rings is 2. The quantitative estimate of drug-likeness (QED) is 0.470. The Morgan fingerprint density at radius 1 is 1.06 bits per heavy atom. The molecule has 2 aromatic heterocycles. The minimum absolute atomic E-state index is 0.0159. The normalized spacial score (nSPS) is 16.7. The Kier molecular flexibility index (Phi) is 5.70. The highest BCUT2D eigenvalue weighted by atomic mass is 19.1. The van der Waals surface area contributed by atoms with Crippen molar-refractivity contribution >= 4 is 0 Å². The predicted octanol–water partition coefficient (Wildman–Crippen LogP) is 3.35.